The molecule has 0 amide bonds. The SMILES string of the molecule is COCCOCCCn1ccc2c(CO)cccc21. The van der Waals surface area contributed by atoms with E-state index in [2.05, 4.69) is 22.9 Å². The van der Waals surface area contributed by atoms with E-state index in [1.165, 1.54) is 5.52 Å². The molecule has 0 unspecified atom stereocenters. The van der Waals surface area contributed by atoms with Crippen LogP contribution in [0.2, 0.25) is 0 Å². The predicted octanol–water partition coefficient (Wildman–Crippen LogP) is 2.19. The molecule has 1 heterocycles. The molecule has 0 aliphatic heterocycles. The van der Waals surface area contributed by atoms with E-state index in [9.17, 15) is 5.11 Å². The van der Waals surface area contributed by atoms with E-state index in [0.717, 1.165) is 30.5 Å². The molecule has 0 saturated carbocycles. The molecular weight excluding hydrogens is 242 g/mol. The molecule has 4 heteroatoms. The van der Waals surface area contributed by atoms with Gasteiger partial charge in [0, 0.05) is 37.4 Å². The average molecular weight is 263 g/mol. The Bertz CT molecular complexity index is 507. The minimum Gasteiger partial charge on any atom is -0.392 e. The zero-order valence-electron chi connectivity index (χ0n) is 11.3. The molecular formula is C15H21NO3. The summed E-state index contributed by atoms with van der Waals surface area (Å²) in [4.78, 5) is 0. The van der Waals surface area contributed by atoms with Crippen molar-refractivity contribution < 1.29 is 14.6 Å². The summed E-state index contributed by atoms with van der Waals surface area (Å²) >= 11 is 0. The van der Waals surface area contributed by atoms with Gasteiger partial charge in [-0.3, -0.25) is 0 Å². The van der Waals surface area contributed by atoms with Crippen LogP contribution in [-0.4, -0.2) is 36.6 Å². The first-order valence-electron chi connectivity index (χ1n) is 6.61. The standard InChI is InChI=1S/C15H21NO3/c1-18-10-11-19-9-3-7-16-8-6-14-13(12-17)4-2-5-15(14)16/h2,4-6,8,17H,3,7,9-12H2,1H3. The highest BCUT2D eigenvalue weighted by atomic mass is 16.5. The largest absolute Gasteiger partial charge is 0.392 e. The minimum absolute atomic E-state index is 0.0848. The second-order valence-corrected chi connectivity index (χ2v) is 4.48. The third-order valence-electron chi connectivity index (χ3n) is 3.19. The van der Waals surface area contributed by atoms with Gasteiger partial charge in [-0.15, -0.1) is 0 Å². The third kappa shape index (κ3) is 3.56. The maximum Gasteiger partial charge on any atom is 0.0700 e. The summed E-state index contributed by atoms with van der Waals surface area (Å²) in [5, 5.41) is 10.4. The van der Waals surface area contributed by atoms with E-state index >= 15 is 0 Å². The number of methoxy groups -OCH3 is 1. The van der Waals surface area contributed by atoms with Gasteiger partial charge in [-0.1, -0.05) is 12.1 Å². The van der Waals surface area contributed by atoms with Crippen molar-refractivity contribution in [3.05, 3.63) is 36.0 Å². The van der Waals surface area contributed by atoms with Gasteiger partial charge < -0.3 is 19.1 Å². The predicted molar refractivity (Wildman–Crippen MR) is 75.2 cm³/mol. The quantitative estimate of drug-likeness (QED) is 0.742. The van der Waals surface area contributed by atoms with Gasteiger partial charge in [0.15, 0.2) is 0 Å². The van der Waals surface area contributed by atoms with Crippen LogP contribution in [0.4, 0.5) is 0 Å². The summed E-state index contributed by atoms with van der Waals surface area (Å²) in [6.07, 6.45) is 3.04. The smallest absolute Gasteiger partial charge is 0.0700 e. The molecule has 2 aromatic rings. The van der Waals surface area contributed by atoms with Gasteiger partial charge in [0.05, 0.1) is 19.8 Å². The summed E-state index contributed by atoms with van der Waals surface area (Å²) < 4.78 is 12.6. The monoisotopic (exact) mass is 263 g/mol. The summed E-state index contributed by atoms with van der Waals surface area (Å²) in [6, 6.07) is 8.09. The van der Waals surface area contributed by atoms with Crippen LogP contribution >= 0.6 is 0 Å². The lowest BCUT2D eigenvalue weighted by molar-refractivity contribution is 0.0681. The minimum atomic E-state index is 0.0848. The first kappa shape index (κ1) is 14.1. The molecule has 1 aromatic heterocycles. The van der Waals surface area contributed by atoms with Crippen molar-refractivity contribution in [2.24, 2.45) is 0 Å². The zero-order chi connectivity index (χ0) is 13.5. The number of aliphatic hydroxyl groups excluding tert-OH is 1. The Labute approximate surface area is 113 Å². The zero-order valence-corrected chi connectivity index (χ0v) is 11.3. The lowest BCUT2D eigenvalue weighted by atomic mass is 10.1. The topological polar surface area (TPSA) is 43.6 Å². The van der Waals surface area contributed by atoms with Crippen LogP contribution in [0.5, 0.6) is 0 Å². The molecule has 2 rings (SSSR count). The van der Waals surface area contributed by atoms with Gasteiger partial charge in [-0.2, -0.15) is 0 Å². The van der Waals surface area contributed by atoms with Crippen LogP contribution in [0.3, 0.4) is 0 Å². The molecule has 0 bridgehead atoms. The number of aryl methyl sites for hydroxylation is 1. The molecule has 1 N–H and O–H groups in total. The van der Waals surface area contributed by atoms with Crippen molar-refractivity contribution in [1.82, 2.24) is 4.57 Å². The van der Waals surface area contributed by atoms with Gasteiger partial charge in [0.25, 0.3) is 0 Å². The van der Waals surface area contributed by atoms with E-state index in [1.54, 1.807) is 7.11 Å². The van der Waals surface area contributed by atoms with Gasteiger partial charge in [-0.05, 0) is 24.1 Å². The highest BCUT2D eigenvalue weighted by Crippen LogP contribution is 2.20. The van der Waals surface area contributed by atoms with Crippen LogP contribution in [0.25, 0.3) is 10.9 Å². The maximum atomic E-state index is 9.30. The van der Waals surface area contributed by atoms with E-state index in [4.69, 9.17) is 9.47 Å². The van der Waals surface area contributed by atoms with E-state index < -0.39 is 0 Å². The van der Waals surface area contributed by atoms with Gasteiger partial charge in [0.1, 0.15) is 0 Å². The maximum absolute atomic E-state index is 9.30. The lowest BCUT2D eigenvalue weighted by Crippen LogP contribution is -2.05. The number of aliphatic hydroxyl groups is 1. The molecule has 0 radical (unpaired) electrons. The highest BCUT2D eigenvalue weighted by Gasteiger charge is 2.04. The number of ether oxygens (including phenoxy) is 2. The first-order chi connectivity index (χ1) is 9.36. The summed E-state index contributed by atoms with van der Waals surface area (Å²) in [5.41, 5.74) is 2.15. The Morgan fingerprint density at radius 3 is 2.84 bits per heavy atom. The van der Waals surface area contributed by atoms with Crippen LogP contribution in [0.15, 0.2) is 30.5 Å². The molecule has 19 heavy (non-hydrogen) atoms. The molecule has 0 spiro atoms. The normalized spacial score (nSPS) is 11.3. The van der Waals surface area contributed by atoms with Gasteiger partial charge in [0.2, 0.25) is 0 Å². The molecule has 4 nitrogen and oxygen atoms in total. The van der Waals surface area contributed by atoms with Gasteiger partial charge in [-0.25, -0.2) is 0 Å². The molecule has 0 fully saturated rings. The molecule has 104 valence electrons. The Hall–Kier alpha value is -1.36. The average Bonchev–Trinajstić information content (AvgIpc) is 2.86. The fourth-order valence-corrected chi connectivity index (χ4v) is 2.20. The van der Waals surface area contributed by atoms with Crippen molar-refractivity contribution in [3.63, 3.8) is 0 Å². The highest BCUT2D eigenvalue weighted by molar-refractivity contribution is 5.83. The number of benzene rings is 1. The number of nitrogens with zero attached hydrogens (tertiary/aromatic N) is 1. The van der Waals surface area contributed by atoms with E-state index in [0.29, 0.717) is 13.2 Å². The number of fused-ring (bicyclic) bond motifs is 1. The lowest BCUT2D eigenvalue weighted by Gasteiger charge is -2.07. The van der Waals surface area contributed by atoms with Crippen molar-refractivity contribution in [2.75, 3.05) is 26.9 Å². The van der Waals surface area contributed by atoms with Crippen LogP contribution in [-0.2, 0) is 22.6 Å². The Kier molecular flexibility index (Phi) is 5.39. The van der Waals surface area contributed by atoms with E-state index in [-0.39, 0.29) is 6.61 Å². The summed E-state index contributed by atoms with van der Waals surface area (Å²) in [6.45, 7) is 3.04. The van der Waals surface area contributed by atoms with Crippen molar-refractivity contribution in [3.8, 4) is 0 Å². The van der Waals surface area contributed by atoms with Crippen LogP contribution in [0, 0.1) is 0 Å². The number of hydrogen-bond donors (Lipinski definition) is 1. The van der Waals surface area contributed by atoms with Gasteiger partial charge >= 0.3 is 0 Å². The van der Waals surface area contributed by atoms with Crippen LogP contribution in [0.1, 0.15) is 12.0 Å². The molecule has 0 aliphatic rings. The Morgan fingerprint density at radius 1 is 1.16 bits per heavy atom. The molecule has 0 saturated heterocycles. The second kappa shape index (κ2) is 7.28. The molecule has 0 atom stereocenters. The number of aromatic nitrogens is 1. The molecule has 0 aliphatic carbocycles. The number of rotatable bonds is 8. The van der Waals surface area contributed by atoms with Crippen molar-refractivity contribution in [1.29, 1.82) is 0 Å². The Morgan fingerprint density at radius 2 is 2.05 bits per heavy atom. The van der Waals surface area contributed by atoms with Crippen LogP contribution < -0.4 is 0 Å². The van der Waals surface area contributed by atoms with Crippen molar-refractivity contribution >= 4 is 10.9 Å². The number of hydrogen-bond acceptors (Lipinski definition) is 3. The second-order valence-electron chi connectivity index (χ2n) is 4.48. The van der Waals surface area contributed by atoms with E-state index in [1.807, 2.05) is 12.1 Å². The first-order valence-corrected chi connectivity index (χ1v) is 6.61. The Balaban J connectivity index is 1.91. The molecule has 1 aromatic carbocycles. The fraction of sp³-hybridized carbons (Fsp3) is 0.467. The summed E-state index contributed by atoms with van der Waals surface area (Å²) in [7, 11) is 1.67. The fourth-order valence-electron chi connectivity index (χ4n) is 2.20. The third-order valence-corrected chi connectivity index (χ3v) is 3.19. The van der Waals surface area contributed by atoms with Crippen molar-refractivity contribution in [2.45, 2.75) is 19.6 Å². The summed E-state index contributed by atoms with van der Waals surface area (Å²) in [5.74, 6) is 0.